The molecule has 1 aliphatic carbocycles. The molecule has 144 valence electrons. The highest BCUT2D eigenvalue weighted by Crippen LogP contribution is 2.48. The summed E-state index contributed by atoms with van der Waals surface area (Å²) in [5.74, 6) is -0.272. The highest BCUT2D eigenvalue weighted by molar-refractivity contribution is 6.42. The summed E-state index contributed by atoms with van der Waals surface area (Å²) in [6, 6.07) is 8.97. The van der Waals surface area contributed by atoms with Crippen molar-refractivity contribution in [2.45, 2.75) is 39.0 Å². The summed E-state index contributed by atoms with van der Waals surface area (Å²) in [6.07, 6.45) is 4.64. The first-order valence-corrected chi connectivity index (χ1v) is 9.96. The van der Waals surface area contributed by atoms with E-state index in [4.69, 9.17) is 23.2 Å². The molecule has 0 radical (unpaired) electrons. The third-order valence-electron chi connectivity index (χ3n) is 5.39. The number of hydrogen-bond donors (Lipinski definition) is 0. The van der Waals surface area contributed by atoms with Gasteiger partial charge >= 0.3 is 0 Å². The van der Waals surface area contributed by atoms with Crippen LogP contribution in [0.25, 0.3) is 0 Å². The first-order valence-electron chi connectivity index (χ1n) is 9.21. The number of amides is 1. The predicted octanol–water partition coefficient (Wildman–Crippen LogP) is 5.55. The van der Waals surface area contributed by atoms with Gasteiger partial charge in [0.1, 0.15) is 0 Å². The smallest absolute Gasteiger partial charge is 0.232 e. The molecule has 1 aromatic carbocycles. The first-order chi connectivity index (χ1) is 13.3. The lowest BCUT2D eigenvalue weighted by Crippen LogP contribution is -2.43. The van der Waals surface area contributed by atoms with Gasteiger partial charge in [-0.1, -0.05) is 43.1 Å². The van der Waals surface area contributed by atoms with Gasteiger partial charge in [-0.25, -0.2) is 0 Å². The number of pyridine rings is 1. The number of anilines is 1. The molecular weight excluding hydrogens is 395 g/mol. The largest absolute Gasteiger partial charge is 0.294 e. The maximum absolute atomic E-state index is 13.2. The fraction of sp³-hybridized carbons (Fsp3) is 0.318. The van der Waals surface area contributed by atoms with Gasteiger partial charge < -0.3 is 0 Å². The Morgan fingerprint density at radius 2 is 1.89 bits per heavy atom. The molecule has 1 amide bonds. The number of rotatable bonds is 2. The lowest BCUT2D eigenvalue weighted by Gasteiger charge is -2.42. The Morgan fingerprint density at radius 1 is 1.11 bits per heavy atom. The third-order valence-corrected chi connectivity index (χ3v) is 6.13. The van der Waals surface area contributed by atoms with Crippen LogP contribution in [0.15, 0.2) is 54.0 Å². The normalized spacial score (nSPS) is 21.7. The number of allylic oxidation sites excluding steroid dienone is 2. The molecule has 28 heavy (non-hydrogen) atoms. The molecule has 0 saturated carbocycles. The molecule has 4 rings (SSSR count). The predicted molar refractivity (Wildman–Crippen MR) is 111 cm³/mol. The molecule has 1 unspecified atom stereocenters. The van der Waals surface area contributed by atoms with Crippen LogP contribution in [-0.4, -0.2) is 16.7 Å². The van der Waals surface area contributed by atoms with Crippen molar-refractivity contribution in [3.63, 3.8) is 0 Å². The zero-order chi connectivity index (χ0) is 20.1. The number of benzene rings is 1. The number of aromatic nitrogens is 1. The summed E-state index contributed by atoms with van der Waals surface area (Å²) in [5, 5.41) is 0.877. The van der Waals surface area contributed by atoms with Gasteiger partial charge in [0.05, 0.1) is 21.9 Å². The molecule has 0 saturated heterocycles. The zero-order valence-electron chi connectivity index (χ0n) is 15.7. The van der Waals surface area contributed by atoms with Crippen LogP contribution in [0.2, 0.25) is 10.0 Å². The van der Waals surface area contributed by atoms with Crippen LogP contribution in [0.1, 0.15) is 44.6 Å². The van der Waals surface area contributed by atoms with Crippen LogP contribution in [0.4, 0.5) is 5.69 Å². The maximum atomic E-state index is 13.2. The lowest BCUT2D eigenvalue weighted by atomic mass is 9.69. The van der Waals surface area contributed by atoms with Crippen molar-refractivity contribution in [3.8, 4) is 0 Å². The Bertz CT molecular complexity index is 999. The number of ketones is 1. The van der Waals surface area contributed by atoms with Gasteiger partial charge in [-0.3, -0.25) is 19.5 Å². The van der Waals surface area contributed by atoms with Crippen LogP contribution < -0.4 is 4.90 Å². The lowest BCUT2D eigenvalue weighted by molar-refractivity contribution is -0.121. The van der Waals surface area contributed by atoms with Crippen LogP contribution in [0, 0.1) is 5.41 Å². The molecule has 1 aromatic heterocycles. The quantitative estimate of drug-likeness (QED) is 0.646. The van der Waals surface area contributed by atoms with Gasteiger partial charge in [0.25, 0.3) is 0 Å². The second-order valence-electron chi connectivity index (χ2n) is 8.17. The Balaban J connectivity index is 1.90. The molecular formula is C22H20Cl2N2O2. The van der Waals surface area contributed by atoms with Crippen LogP contribution in [-0.2, 0) is 9.59 Å². The molecule has 2 aliphatic rings. The zero-order valence-corrected chi connectivity index (χ0v) is 17.2. The summed E-state index contributed by atoms with van der Waals surface area (Å²) in [6.45, 7) is 4.12. The fourth-order valence-corrected chi connectivity index (χ4v) is 4.52. The van der Waals surface area contributed by atoms with Crippen molar-refractivity contribution < 1.29 is 9.59 Å². The maximum Gasteiger partial charge on any atom is 0.232 e. The summed E-state index contributed by atoms with van der Waals surface area (Å²) < 4.78 is 0. The van der Waals surface area contributed by atoms with E-state index in [-0.39, 0.29) is 29.4 Å². The summed E-state index contributed by atoms with van der Waals surface area (Å²) in [5.41, 5.74) is 2.81. The van der Waals surface area contributed by atoms with E-state index in [2.05, 4.69) is 18.8 Å². The van der Waals surface area contributed by atoms with E-state index in [1.165, 1.54) is 0 Å². The SMILES string of the molecule is CC1(C)CC(=O)C2=C(C1)N(c1cccnc1)C(=O)CC2c1ccc(Cl)c(Cl)c1. The first kappa shape index (κ1) is 19.2. The van der Waals surface area contributed by atoms with Crippen molar-refractivity contribution in [1.82, 2.24) is 4.98 Å². The van der Waals surface area contributed by atoms with E-state index in [0.29, 0.717) is 34.1 Å². The Labute approximate surface area is 174 Å². The number of nitrogens with zero attached hydrogens (tertiary/aromatic N) is 2. The average molecular weight is 415 g/mol. The van der Waals surface area contributed by atoms with E-state index < -0.39 is 0 Å². The van der Waals surface area contributed by atoms with Crippen LogP contribution >= 0.6 is 23.2 Å². The van der Waals surface area contributed by atoms with Crippen LogP contribution in [0.3, 0.4) is 0 Å². The van der Waals surface area contributed by atoms with Gasteiger partial charge in [0, 0.05) is 36.2 Å². The molecule has 0 fully saturated rings. The molecule has 0 spiro atoms. The van der Waals surface area contributed by atoms with E-state index in [0.717, 1.165) is 11.3 Å². The molecule has 4 nitrogen and oxygen atoms in total. The molecule has 1 atom stereocenters. The third kappa shape index (κ3) is 3.36. The van der Waals surface area contributed by atoms with Crippen molar-refractivity contribution >= 4 is 40.6 Å². The van der Waals surface area contributed by atoms with Gasteiger partial charge in [-0.2, -0.15) is 0 Å². The second kappa shape index (κ2) is 7.02. The van der Waals surface area contributed by atoms with Gasteiger partial charge in [-0.15, -0.1) is 0 Å². The van der Waals surface area contributed by atoms with Gasteiger partial charge in [0.2, 0.25) is 5.91 Å². The number of carbonyl (C=O) groups excluding carboxylic acids is 2. The van der Waals surface area contributed by atoms with E-state index in [1.54, 1.807) is 35.5 Å². The highest BCUT2D eigenvalue weighted by Gasteiger charge is 2.44. The minimum Gasteiger partial charge on any atom is -0.294 e. The standard InChI is InChI=1S/C22H20Cl2N2O2/c1-22(2)10-18-21(19(27)11-22)15(13-5-6-16(23)17(24)8-13)9-20(28)26(18)14-4-3-7-25-12-14/h3-8,12,15H,9-11H2,1-2H3. The van der Waals surface area contributed by atoms with Crippen molar-refractivity contribution in [2.75, 3.05) is 4.90 Å². The van der Waals surface area contributed by atoms with Gasteiger partial charge in [0.15, 0.2) is 5.78 Å². The topological polar surface area (TPSA) is 50.3 Å². The molecule has 2 aromatic rings. The number of carbonyl (C=O) groups is 2. The van der Waals surface area contributed by atoms with Crippen molar-refractivity contribution in [3.05, 3.63) is 69.6 Å². The van der Waals surface area contributed by atoms with Gasteiger partial charge in [-0.05, 0) is 41.7 Å². The molecule has 1 aliphatic heterocycles. The minimum absolute atomic E-state index is 0.0478. The summed E-state index contributed by atoms with van der Waals surface area (Å²) >= 11 is 12.3. The Kier molecular flexibility index (Phi) is 4.80. The minimum atomic E-state index is -0.311. The summed E-state index contributed by atoms with van der Waals surface area (Å²) in [7, 11) is 0. The highest BCUT2D eigenvalue weighted by atomic mass is 35.5. The summed E-state index contributed by atoms with van der Waals surface area (Å²) in [4.78, 5) is 32.2. The van der Waals surface area contributed by atoms with E-state index in [9.17, 15) is 9.59 Å². The molecule has 0 N–H and O–H groups in total. The Hall–Kier alpha value is -2.17. The number of hydrogen-bond acceptors (Lipinski definition) is 3. The van der Waals surface area contributed by atoms with Crippen molar-refractivity contribution in [1.29, 1.82) is 0 Å². The van der Waals surface area contributed by atoms with E-state index >= 15 is 0 Å². The van der Waals surface area contributed by atoms with Crippen LogP contribution in [0.5, 0.6) is 0 Å². The fourth-order valence-electron chi connectivity index (χ4n) is 4.21. The second-order valence-corrected chi connectivity index (χ2v) is 8.99. The van der Waals surface area contributed by atoms with E-state index in [1.807, 2.05) is 12.1 Å². The molecule has 2 heterocycles. The molecule has 6 heteroatoms. The van der Waals surface area contributed by atoms with Crippen molar-refractivity contribution in [2.24, 2.45) is 5.41 Å². The monoisotopic (exact) mass is 414 g/mol. The Morgan fingerprint density at radius 3 is 2.57 bits per heavy atom. The molecule has 0 bridgehead atoms. The average Bonchev–Trinajstić information content (AvgIpc) is 2.63. The number of halogens is 2. The number of Topliss-reactive ketones (excluding diaryl/α,β-unsaturated/α-hetero) is 1.